The molecule has 2 aromatic carbocycles. The van der Waals surface area contributed by atoms with Crippen molar-refractivity contribution in [1.29, 1.82) is 0 Å². The van der Waals surface area contributed by atoms with Crippen LogP contribution in [0.4, 0.5) is 13.2 Å². The molecule has 1 aliphatic rings. The lowest BCUT2D eigenvalue weighted by Crippen LogP contribution is -2.30. The SMILES string of the molecule is CC1(C)CC(=O)Cc2cc(C(=O)NCc3c(F)cc(F)cc3F)ccc21. The van der Waals surface area contributed by atoms with E-state index >= 15 is 0 Å². The largest absolute Gasteiger partial charge is 0.348 e. The predicted molar refractivity (Wildman–Crippen MR) is 90.3 cm³/mol. The maximum atomic E-state index is 13.6. The third-order valence-corrected chi connectivity index (χ3v) is 4.65. The maximum absolute atomic E-state index is 13.6. The van der Waals surface area contributed by atoms with Gasteiger partial charge in [-0.2, -0.15) is 0 Å². The Hall–Kier alpha value is -2.63. The van der Waals surface area contributed by atoms with Gasteiger partial charge < -0.3 is 5.32 Å². The molecule has 6 heteroatoms. The Bertz CT molecular complexity index is 883. The molecule has 136 valence electrons. The lowest BCUT2D eigenvalue weighted by Gasteiger charge is -2.31. The molecule has 0 spiro atoms. The fourth-order valence-electron chi connectivity index (χ4n) is 3.42. The number of benzene rings is 2. The van der Waals surface area contributed by atoms with E-state index in [0.717, 1.165) is 11.1 Å². The van der Waals surface area contributed by atoms with Gasteiger partial charge in [0.15, 0.2) is 0 Å². The Morgan fingerprint density at radius 3 is 2.42 bits per heavy atom. The molecule has 1 N–H and O–H groups in total. The molecule has 0 saturated heterocycles. The summed E-state index contributed by atoms with van der Waals surface area (Å²) in [6.45, 7) is 3.55. The molecule has 3 rings (SSSR count). The van der Waals surface area contributed by atoms with Crippen LogP contribution in [0.1, 0.15) is 47.3 Å². The molecule has 3 nitrogen and oxygen atoms in total. The van der Waals surface area contributed by atoms with Crippen LogP contribution in [0, 0.1) is 17.5 Å². The highest BCUT2D eigenvalue weighted by Gasteiger charge is 2.32. The van der Waals surface area contributed by atoms with Crippen molar-refractivity contribution in [2.45, 2.75) is 38.6 Å². The quantitative estimate of drug-likeness (QED) is 0.903. The Morgan fingerprint density at radius 2 is 1.77 bits per heavy atom. The zero-order valence-electron chi connectivity index (χ0n) is 14.5. The number of hydrogen-bond acceptors (Lipinski definition) is 2. The first-order valence-corrected chi connectivity index (χ1v) is 8.24. The number of fused-ring (bicyclic) bond motifs is 1. The van der Waals surface area contributed by atoms with Crippen molar-refractivity contribution in [3.05, 3.63) is 70.0 Å². The van der Waals surface area contributed by atoms with Gasteiger partial charge in [-0.15, -0.1) is 0 Å². The smallest absolute Gasteiger partial charge is 0.251 e. The highest BCUT2D eigenvalue weighted by Crippen LogP contribution is 2.35. The molecule has 0 aromatic heterocycles. The summed E-state index contributed by atoms with van der Waals surface area (Å²) in [4.78, 5) is 24.2. The Morgan fingerprint density at radius 1 is 1.12 bits per heavy atom. The summed E-state index contributed by atoms with van der Waals surface area (Å²) in [5.74, 6) is -3.54. The van der Waals surface area contributed by atoms with Crippen molar-refractivity contribution < 1.29 is 22.8 Å². The Labute approximate surface area is 149 Å². The van der Waals surface area contributed by atoms with Crippen molar-refractivity contribution in [3.8, 4) is 0 Å². The number of nitrogens with one attached hydrogen (secondary N) is 1. The molecule has 0 fully saturated rings. The van der Waals surface area contributed by atoms with E-state index in [1.54, 1.807) is 12.1 Å². The normalized spacial score (nSPS) is 15.5. The van der Waals surface area contributed by atoms with Crippen LogP contribution in [0.25, 0.3) is 0 Å². The standard InChI is InChI=1S/C20H18F3NO2/c1-20(2)9-14(25)6-12-5-11(3-4-16(12)20)19(26)24-10-15-17(22)7-13(21)8-18(15)23/h3-5,7-8H,6,9-10H2,1-2H3,(H,24,26). The number of amides is 1. The monoisotopic (exact) mass is 361 g/mol. The van der Waals surface area contributed by atoms with E-state index in [9.17, 15) is 22.8 Å². The van der Waals surface area contributed by atoms with Crippen molar-refractivity contribution in [2.75, 3.05) is 0 Å². The number of carbonyl (C=O) groups excluding carboxylic acids is 2. The second kappa shape index (κ2) is 6.59. The van der Waals surface area contributed by atoms with Crippen LogP contribution < -0.4 is 5.32 Å². The van der Waals surface area contributed by atoms with Crippen LogP contribution in [0.2, 0.25) is 0 Å². The maximum Gasteiger partial charge on any atom is 0.251 e. The summed E-state index contributed by atoms with van der Waals surface area (Å²) >= 11 is 0. The van der Waals surface area contributed by atoms with Crippen LogP contribution in [-0.4, -0.2) is 11.7 Å². The highest BCUT2D eigenvalue weighted by molar-refractivity contribution is 5.95. The van der Waals surface area contributed by atoms with Gasteiger partial charge in [-0.05, 0) is 28.7 Å². The van der Waals surface area contributed by atoms with Crippen LogP contribution in [0.15, 0.2) is 30.3 Å². The molecule has 0 unspecified atom stereocenters. The zero-order chi connectivity index (χ0) is 19.1. The lowest BCUT2D eigenvalue weighted by molar-refractivity contribution is -0.120. The third-order valence-electron chi connectivity index (χ3n) is 4.65. The highest BCUT2D eigenvalue weighted by atomic mass is 19.1. The van der Waals surface area contributed by atoms with E-state index in [1.165, 1.54) is 0 Å². The molecule has 1 amide bonds. The van der Waals surface area contributed by atoms with Crippen molar-refractivity contribution >= 4 is 11.7 Å². The summed E-state index contributed by atoms with van der Waals surface area (Å²) in [6, 6.07) is 6.22. The predicted octanol–water partition coefficient (Wildman–Crippen LogP) is 3.83. The molecule has 0 atom stereocenters. The molecule has 1 aliphatic carbocycles. The molecule has 0 radical (unpaired) electrons. The minimum Gasteiger partial charge on any atom is -0.348 e. The number of halogens is 3. The van der Waals surface area contributed by atoms with Gasteiger partial charge in [0.05, 0.1) is 0 Å². The number of carbonyl (C=O) groups is 2. The van der Waals surface area contributed by atoms with E-state index < -0.39 is 35.5 Å². The van der Waals surface area contributed by atoms with Crippen molar-refractivity contribution in [2.24, 2.45) is 0 Å². The Kier molecular flexibility index (Phi) is 4.61. The van der Waals surface area contributed by atoms with Crippen LogP contribution in [0.5, 0.6) is 0 Å². The van der Waals surface area contributed by atoms with Gasteiger partial charge in [-0.3, -0.25) is 9.59 Å². The first kappa shape index (κ1) is 18.2. The van der Waals surface area contributed by atoms with E-state index in [2.05, 4.69) is 5.32 Å². The Balaban J connectivity index is 1.80. The minimum absolute atomic E-state index is 0.107. The number of rotatable bonds is 3. The molecular weight excluding hydrogens is 343 g/mol. The van der Waals surface area contributed by atoms with Gasteiger partial charge in [0, 0.05) is 42.6 Å². The summed E-state index contributed by atoms with van der Waals surface area (Å²) in [7, 11) is 0. The first-order valence-electron chi connectivity index (χ1n) is 8.24. The van der Waals surface area contributed by atoms with Crippen molar-refractivity contribution in [1.82, 2.24) is 5.32 Å². The third kappa shape index (κ3) is 3.49. The minimum atomic E-state index is -1.06. The summed E-state index contributed by atoms with van der Waals surface area (Å²) in [5, 5.41) is 2.43. The molecule has 0 aliphatic heterocycles. The first-order chi connectivity index (χ1) is 12.2. The van der Waals surface area contributed by atoms with Gasteiger partial charge in [-0.1, -0.05) is 19.9 Å². The summed E-state index contributed by atoms with van der Waals surface area (Å²) in [6.07, 6.45) is 0.718. The second-order valence-electron chi connectivity index (χ2n) is 7.18. The molecule has 0 bridgehead atoms. The van der Waals surface area contributed by atoms with E-state index in [-0.39, 0.29) is 17.6 Å². The number of ketones is 1. The lowest BCUT2D eigenvalue weighted by atomic mass is 9.72. The van der Waals surface area contributed by atoms with Crippen LogP contribution >= 0.6 is 0 Å². The van der Waals surface area contributed by atoms with E-state index in [0.29, 0.717) is 24.1 Å². The zero-order valence-corrected chi connectivity index (χ0v) is 14.5. The molecule has 0 heterocycles. The van der Waals surface area contributed by atoms with Gasteiger partial charge in [-0.25, -0.2) is 13.2 Å². The second-order valence-corrected chi connectivity index (χ2v) is 7.18. The fraction of sp³-hybridized carbons (Fsp3) is 0.300. The topological polar surface area (TPSA) is 46.2 Å². The fourth-order valence-corrected chi connectivity index (χ4v) is 3.42. The number of hydrogen-bond donors (Lipinski definition) is 1. The van der Waals surface area contributed by atoms with Gasteiger partial charge in [0.2, 0.25) is 0 Å². The average molecular weight is 361 g/mol. The summed E-state index contributed by atoms with van der Waals surface area (Å²) < 4.78 is 40.2. The van der Waals surface area contributed by atoms with E-state index in [1.807, 2.05) is 19.9 Å². The van der Waals surface area contributed by atoms with E-state index in [4.69, 9.17) is 0 Å². The molecule has 2 aromatic rings. The van der Waals surface area contributed by atoms with Crippen molar-refractivity contribution in [3.63, 3.8) is 0 Å². The average Bonchev–Trinajstić information content (AvgIpc) is 2.52. The molecule has 26 heavy (non-hydrogen) atoms. The summed E-state index contributed by atoms with van der Waals surface area (Å²) in [5.41, 5.74) is 1.41. The van der Waals surface area contributed by atoms with Gasteiger partial charge in [0.1, 0.15) is 23.2 Å². The number of Topliss-reactive ketones (excluding diaryl/α,β-unsaturated/α-hetero) is 1. The molecular formula is C20H18F3NO2. The molecule has 0 saturated carbocycles. The van der Waals surface area contributed by atoms with Gasteiger partial charge in [0.25, 0.3) is 5.91 Å². The van der Waals surface area contributed by atoms with Gasteiger partial charge >= 0.3 is 0 Å². The van der Waals surface area contributed by atoms with Crippen LogP contribution in [0.3, 0.4) is 0 Å². The van der Waals surface area contributed by atoms with Crippen LogP contribution in [-0.2, 0) is 23.2 Å².